The fourth-order valence-electron chi connectivity index (χ4n) is 8.74. The van der Waals surface area contributed by atoms with Crippen LogP contribution in [0.4, 0.5) is 0 Å². The molecule has 0 amide bonds. The summed E-state index contributed by atoms with van der Waals surface area (Å²) in [6.45, 7) is 4.70. The summed E-state index contributed by atoms with van der Waals surface area (Å²) in [4.78, 5) is 0. The first-order chi connectivity index (χ1) is 27.1. The summed E-state index contributed by atoms with van der Waals surface area (Å²) in [5, 5.41) is 0. The van der Waals surface area contributed by atoms with E-state index < -0.39 is 0 Å². The molecule has 1 aliphatic heterocycles. The van der Waals surface area contributed by atoms with Crippen LogP contribution in [-0.4, -0.2) is 0 Å². The lowest BCUT2D eigenvalue weighted by molar-refractivity contribution is -0.757. The maximum absolute atomic E-state index is 2.58. The van der Waals surface area contributed by atoms with Gasteiger partial charge in [0.15, 0.2) is 11.7 Å². The van der Waals surface area contributed by atoms with Crippen molar-refractivity contribution >= 4 is 0 Å². The highest BCUT2D eigenvalue weighted by molar-refractivity contribution is 5.85. The minimum Gasteiger partial charge on any atom is -0.193 e. The summed E-state index contributed by atoms with van der Waals surface area (Å²) in [5.74, 6) is 0. The molecule has 0 saturated carbocycles. The SMILES string of the molecule is CCC1(CC)CCc2ccc(-c3cccc(-c4cc(-c5cccc(-c6ccccc6)c5)cc(-c5cccc(-c6ccccc6)c5)c4)c3)cc2-c2cccc[n+]21. The monoisotopic (exact) mass is 708 g/mol. The summed E-state index contributed by atoms with van der Waals surface area (Å²) >= 11 is 0. The predicted molar refractivity (Wildman–Crippen MR) is 232 cm³/mol. The fraction of sp³-hybridized carbons (Fsp3) is 0.130. The van der Waals surface area contributed by atoms with Crippen molar-refractivity contribution in [3.63, 3.8) is 0 Å². The third kappa shape index (κ3) is 6.72. The first kappa shape index (κ1) is 34.5. The average molecular weight is 709 g/mol. The van der Waals surface area contributed by atoms with Crippen LogP contribution < -0.4 is 4.57 Å². The maximum atomic E-state index is 2.58. The van der Waals surface area contributed by atoms with Crippen LogP contribution in [0.2, 0.25) is 0 Å². The molecule has 1 nitrogen and oxygen atoms in total. The Labute approximate surface area is 326 Å². The van der Waals surface area contributed by atoms with Crippen LogP contribution in [0.25, 0.3) is 78.0 Å². The van der Waals surface area contributed by atoms with Crippen LogP contribution in [0.3, 0.4) is 0 Å². The molecule has 0 radical (unpaired) electrons. The van der Waals surface area contributed by atoms with Crippen LogP contribution in [0, 0.1) is 0 Å². The number of nitrogens with zero attached hydrogens (tertiary/aromatic N) is 1. The molecular weight excluding hydrogens is 663 g/mol. The smallest absolute Gasteiger partial charge is 0.193 e. The fourth-order valence-corrected chi connectivity index (χ4v) is 8.74. The van der Waals surface area contributed by atoms with Crippen molar-refractivity contribution in [1.29, 1.82) is 0 Å². The zero-order valence-electron chi connectivity index (χ0n) is 31.8. The molecule has 7 aromatic carbocycles. The van der Waals surface area contributed by atoms with Gasteiger partial charge in [-0.3, -0.25) is 0 Å². The van der Waals surface area contributed by atoms with E-state index in [0.29, 0.717) is 0 Å². The lowest BCUT2D eigenvalue weighted by atomic mass is 9.86. The van der Waals surface area contributed by atoms with Gasteiger partial charge in [0.2, 0.25) is 5.69 Å². The molecule has 0 aliphatic carbocycles. The molecular formula is C54H46N+. The third-order valence-electron chi connectivity index (χ3n) is 12.0. The minimum absolute atomic E-state index is 0.139. The molecule has 266 valence electrons. The van der Waals surface area contributed by atoms with Crippen LogP contribution in [0.1, 0.15) is 38.7 Å². The van der Waals surface area contributed by atoms with Crippen molar-refractivity contribution in [1.82, 2.24) is 0 Å². The standard InChI is InChI=1S/C54H46N/c1-3-54(4-2)30-29-41-27-28-48(38-52(41)53-26-11-12-31-55(53)54)44-22-15-25-47(34-44)51-36-49(45-23-13-20-42(32-45)39-16-7-5-8-17-39)35-50(37-51)46-24-14-21-43(33-46)40-18-9-6-10-19-40/h5-28,31-38H,3-4,29-30H2,1-2H3/q+1. The summed E-state index contributed by atoms with van der Waals surface area (Å²) in [7, 11) is 0. The van der Waals surface area contributed by atoms with E-state index >= 15 is 0 Å². The van der Waals surface area contributed by atoms with Gasteiger partial charge in [0.1, 0.15) is 0 Å². The van der Waals surface area contributed by atoms with Gasteiger partial charge in [0, 0.05) is 37.0 Å². The minimum atomic E-state index is 0.139. The summed E-state index contributed by atoms with van der Waals surface area (Å²) in [6, 6.07) is 69.3. The Morgan fingerprint density at radius 1 is 0.382 bits per heavy atom. The van der Waals surface area contributed by atoms with Crippen LogP contribution in [0.15, 0.2) is 194 Å². The number of pyridine rings is 1. The Hall–Kier alpha value is -6.31. The van der Waals surface area contributed by atoms with E-state index in [1.54, 1.807) is 0 Å². The summed E-state index contributed by atoms with van der Waals surface area (Å²) in [5.41, 5.74) is 18.9. The molecule has 9 rings (SSSR count). The molecule has 8 aromatic rings. The van der Waals surface area contributed by atoms with Crippen molar-refractivity contribution in [2.45, 2.75) is 45.1 Å². The molecule has 0 N–H and O–H groups in total. The Bertz CT molecular complexity index is 2510. The van der Waals surface area contributed by atoms with Crippen molar-refractivity contribution in [3.8, 4) is 78.0 Å². The van der Waals surface area contributed by atoms with Crippen LogP contribution >= 0.6 is 0 Å². The number of rotatable bonds is 8. The van der Waals surface area contributed by atoms with Crippen molar-refractivity contribution in [3.05, 3.63) is 200 Å². The molecule has 0 atom stereocenters. The van der Waals surface area contributed by atoms with Crippen LogP contribution in [0.5, 0.6) is 0 Å². The molecule has 0 saturated heterocycles. The van der Waals surface area contributed by atoms with Gasteiger partial charge in [-0.1, -0.05) is 141 Å². The van der Waals surface area contributed by atoms with E-state index in [1.165, 1.54) is 83.6 Å². The largest absolute Gasteiger partial charge is 0.213 e. The Morgan fingerprint density at radius 3 is 1.27 bits per heavy atom. The van der Waals surface area contributed by atoms with Gasteiger partial charge in [0.25, 0.3) is 0 Å². The highest BCUT2D eigenvalue weighted by Gasteiger charge is 2.40. The zero-order chi connectivity index (χ0) is 37.2. The van der Waals surface area contributed by atoms with Crippen molar-refractivity contribution in [2.75, 3.05) is 0 Å². The zero-order valence-corrected chi connectivity index (χ0v) is 31.8. The second-order valence-corrected chi connectivity index (χ2v) is 15.0. The Kier molecular flexibility index (Phi) is 9.30. The molecule has 55 heavy (non-hydrogen) atoms. The number of fused-ring (bicyclic) bond motifs is 3. The lowest BCUT2D eigenvalue weighted by Gasteiger charge is -2.26. The van der Waals surface area contributed by atoms with Crippen molar-refractivity contribution in [2.24, 2.45) is 0 Å². The molecule has 1 heteroatoms. The Morgan fingerprint density at radius 2 is 0.782 bits per heavy atom. The topological polar surface area (TPSA) is 3.88 Å². The molecule has 2 heterocycles. The first-order valence-corrected chi connectivity index (χ1v) is 19.8. The first-order valence-electron chi connectivity index (χ1n) is 19.8. The quantitative estimate of drug-likeness (QED) is 0.138. The van der Waals surface area contributed by atoms with Crippen LogP contribution in [-0.2, 0) is 12.0 Å². The molecule has 0 spiro atoms. The van der Waals surface area contributed by atoms with E-state index in [9.17, 15) is 0 Å². The Balaban J connectivity index is 1.16. The van der Waals surface area contributed by atoms with E-state index in [1.807, 2.05) is 0 Å². The molecule has 0 bridgehead atoms. The second kappa shape index (κ2) is 14.8. The summed E-state index contributed by atoms with van der Waals surface area (Å²) < 4.78 is 2.58. The van der Waals surface area contributed by atoms with E-state index in [-0.39, 0.29) is 5.54 Å². The normalized spacial score (nSPS) is 13.1. The molecule has 1 aromatic heterocycles. The molecule has 1 aliphatic rings. The number of aromatic nitrogens is 1. The van der Waals surface area contributed by atoms with Gasteiger partial charge in [-0.15, -0.1) is 0 Å². The number of hydrogen-bond donors (Lipinski definition) is 0. The third-order valence-corrected chi connectivity index (χ3v) is 12.0. The second-order valence-electron chi connectivity index (χ2n) is 15.0. The van der Waals surface area contributed by atoms with E-state index in [2.05, 4.69) is 213 Å². The van der Waals surface area contributed by atoms with Gasteiger partial charge >= 0.3 is 0 Å². The van der Waals surface area contributed by atoms with Gasteiger partial charge in [-0.05, 0) is 127 Å². The highest BCUT2D eigenvalue weighted by atomic mass is 15.1. The van der Waals surface area contributed by atoms with Gasteiger partial charge in [0.05, 0.1) is 0 Å². The van der Waals surface area contributed by atoms with E-state index in [4.69, 9.17) is 0 Å². The predicted octanol–water partition coefficient (Wildman–Crippen LogP) is 14.1. The van der Waals surface area contributed by atoms with E-state index in [0.717, 1.165) is 25.7 Å². The van der Waals surface area contributed by atoms with Gasteiger partial charge < -0.3 is 0 Å². The number of aryl methyl sites for hydroxylation is 1. The van der Waals surface area contributed by atoms with Gasteiger partial charge in [-0.2, -0.15) is 4.57 Å². The molecule has 0 fully saturated rings. The average Bonchev–Trinajstić information content (AvgIpc) is 3.41. The van der Waals surface area contributed by atoms with Gasteiger partial charge in [-0.25, -0.2) is 0 Å². The maximum Gasteiger partial charge on any atom is 0.213 e. The van der Waals surface area contributed by atoms with Crippen molar-refractivity contribution < 1.29 is 4.57 Å². The lowest BCUT2D eigenvalue weighted by Crippen LogP contribution is -2.56. The number of benzene rings is 7. The summed E-state index contributed by atoms with van der Waals surface area (Å²) in [6.07, 6.45) is 6.81. The number of hydrogen-bond acceptors (Lipinski definition) is 0. The molecule has 0 unspecified atom stereocenters. The highest BCUT2D eigenvalue weighted by Crippen LogP contribution is 2.39.